The van der Waals surface area contributed by atoms with E-state index in [2.05, 4.69) is 28.4 Å². The molecule has 2 rings (SSSR count). The molecule has 16 heavy (non-hydrogen) atoms. The Morgan fingerprint density at radius 3 is 3.12 bits per heavy atom. The maximum atomic E-state index is 4.21. The number of nitrogens with zero attached hydrogens (tertiary/aromatic N) is 3. The lowest BCUT2D eigenvalue weighted by Gasteiger charge is -2.35. The zero-order valence-electron chi connectivity index (χ0n) is 10.3. The molecule has 4 heteroatoms. The van der Waals surface area contributed by atoms with Crippen molar-refractivity contribution in [3.05, 3.63) is 18.0 Å². The van der Waals surface area contributed by atoms with E-state index in [9.17, 15) is 0 Å². The summed E-state index contributed by atoms with van der Waals surface area (Å²) in [5.74, 6) is 0. The van der Waals surface area contributed by atoms with E-state index in [4.69, 9.17) is 0 Å². The fourth-order valence-electron chi connectivity index (χ4n) is 2.37. The first-order chi connectivity index (χ1) is 7.79. The number of aromatic nitrogens is 2. The Labute approximate surface area is 97.6 Å². The van der Waals surface area contributed by atoms with Gasteiger partial charge < -0.3 is 5.32 Å². The molecule has 1 aromatic heterocycles. The molecule has 1 atom stereocenters. The summed E-state index contributed by atoms with van der Waals surface area (Å²) in [6.07, 6.45) is 6.44. The van der Waals surface area contributed by atoms with Crippen molar-refractivity contribution in [2.24, 2.45) is 7.05 Å². The summed E-state index contributed by atoms with van der Waals surface area (Å²) in [5.41, 5.74) is 1.34. The number of rotatable bonds is 4. The van der Waals surface area contributed by atoms with E-state index in [-0.39, 0.29) is 0 Å². The SMILES string of the molecule is CCC1CNCCN1CCc1cnn(C)c1. The summed E-state index contributed by atoms with van der Waals surface area (Å²) >= 11 is 0. The van der Waals surface area contributed by atoms with Crippen LogP contribution in [0.4, 0.5) is 0 Å². The average molecular weight is 222 g/mol. The Bertz CT molecular complexity index is 321. The average Bonchev–Trinajstić information content (AvgIpc) is 2.73. The highest BCUT2D eigenvalue weighted by Gasteiger charge is 2.19. The molecule has 1 N–H and O–H groups in total. The Balaban J connectivity index is 1.84. The van der Waals surface area contributed by atoms with E-state index in [0.29, 0.717) is 6.04 Å². The molecule has 90 valence electrons. The molecule has 1 aromatic rings. The van der Waals surface area contributed by atoms with Crippen molar-refractivity contribution < 1.29 is 0 Å². The number of nitrogens with one attached hydrogen (secondary N) is 1. The van der Waals surface area contributed by atoms with E-state index in [1.165, 1.54) is 18.5 Å². The molecule has 1 unspecified atom stereocenters. The minimum absolute atomic E-state index is 0.713. The van der Waals surface area contributed by atoms with Crippen LogP contribution < -0.4 is 5.32 Å². The van der Waals surface area contributed by atoms with Gasteiger partial charge in [-0.2, -0.15) is 5.10 Å². The quantitative estimate of drug-likeness (QED) is 0.812. The molecule has 1 fully saturated rings. The maximum Gasteiger partial charge on any atom is 0.0522 e. The lowest BCUT2D eigenvalue weighted by atomic mass is 10.1. The van der Waals surface area contributed by atoms with E-state index in [1.54, 1.807) is 0 Å². The summed E-state index contributed by atoms with van der Waals surface area (Å²) in [6.45, 7) is 6.88. The zero-order valence-corrected chi connectivity index (χ0v) is 10.3. The van der Waals surface area contributed by atoms with Gasteiger partial charge in [0.15, 0.2) is 0 Å². The third kappa shape index (κ3) is 2.83. The van der Waals surface area contributed by atoms with Gasteiger partial charge >= 0.3 is 0 Å². The molecular formula is C12H22N4. The highest BCUT2D eigenvalue weighted by atomic mass is 15.2. The van der Waals surface area contributed by atoms with Crippen LogP contribution in [-0.2, 0) is 13.5 Å². The van der Waals surface area contributed by atoms with Gasteiger partial charge in [-0.25, -0.2) is 0 Å². The zero-order chi connectivity index (χ0) is 11.4. The Morgan fingerprint density at radius 2 is 2.44 bits per heavy atom. The summed E-state index contributed by atoms with van der Waals surface area (Å²) < 4.78 is 1.88. The smallest absolute Gasteiger partial charge is 0.0522 e. The first-order valence-corrected chi connectivity index (χ1v) is 6.22. The van der Waals surface area contributed by atoms with Gasteiger partial charge in [0.25, 0.3) is 0 Å². The predicted octanol–water partition coefficient (Wildman–Crippen LogP) is 0.646. The minimum atomic E-state index is 0.713. The highest BCUT2D eigenvalue weighted by molar-refractivity contribution is 5.04. The van der Waals surface area contributed by atoms with Gasteiger partial charge in [0, 0.05) is 45.5 Å². The third-order valence-corrected chi connectivity index (χ3v) is 3.39. The van der Waals surface area contributed by atoms with Crippen molar-refractivity contribution in [3.63, 3.8) is 0 Å². The molecule has 4 nitrogen and oxygen atoms in total. The predicted molar refractivity (Wildman–Crippen MR) is 65.4 cm³/mol. The summed E-state index contributed by atoms with van der Waals surface area (Å²) in [5, 5.41) is 7.67. The Hall–Kier alpha value is -0.870. The third-order valence-electron chi connectivity index (χ3n) is 3.39. The maximum absolute atomic E-state index is 4.21. The van der Waals surface area contributed by atoms with E-state index in [1.807, 2.05) is 17.9 Å². The van der Waals surface area contributed by atoms with Gasteiger partial charge in [0.2, 0.25) is 0 Å². The second-order valence-corrected chi connectivity index (χ2v) is 4.57. The van der Waals surface area contributed by atoms with Crippen LogP contribution in [0.5, 0.6) is 0 Å². The fraction of sp³-hybridized carbons (Fsp3) is 0.750. The van der Waals surface area contributed by atoms with Crippen molar-refractivity contribution in [1.29, 1.82) is 0 Å². The van der Waals surface area contributed by atoms with Gasteiger partial charge in [-0.05, 0) is 18.4 Å². The van der Waals surface area contributed by atoms with Crippen molar-refractivity contribution in [2.45, 2.75) is 25.8 Å². The second kappa shape index (κ2) is 5.46. The number of aryl methyl sites for hydroxylation is 1. The van der Waals surface area contributed by atoms with Gasteiger partial charge in [-0.3, -0.25) is 9.58 Å². The van der Waals surface area contributed by atoms with Crippen LogP contribution in [0.25, 0.3) is 0 Å². The van der Waals surface area contributed by atoms with Crippen LogP contribution in [0.1, 0.15) is 18.9 Å². The molecule has 0 radical (unpaired) electrons. The fourth-order valence-corrected chi connectivity index (χ4v) is 2.37. The Kier molecular flexibility index (Phi) is 3.96. The van der Waals surface area contributed by atoms with Gasteiger partial charge in [-0.1, -0.05) is 6.92 Å². The standard InChI is InChI=1S/C12H22N4/c1-3-12-9-13-5-7-16(12)6-4-11-8-14-15(2)10-11/h8,10,12-13H,3-7,9H2,1-2H3. The van der Waals surface area contributed by atoms with Crippen molar-refractivity contribution in [2.75, 3.05) is 26.2 Å². The summed E-state index contributed by atoms with van der Waals surface area (Å²) in [7, 11) is 1.98. The van der Waals surface area contributed by atoms with Crippen LogP contribution in [-0.4, -0.2) is 46.9 Å². The first kappa shape index (κ1) is 11.6. The topological polar surface area (TPSA) is 33.1 Å². The van der Waals surface area contributed by atoms with Crippen LogP contribution in [0.2, 0.25) is 0 Å². The monoisotopic (exact) mass is 222 g/mol. The number of piperazine rings is 1. The minimum Gasteiger partial charge on any atom is -0.314 e. The first-order valence-electron chi connectivity index (χ1n) is 6.22. The van der Waals surface area contributed by atoms with Crippen LogP contribution in [0.3, 0.4) is 0 Å². The Morgan fingerprint density at radius 1 is 1.56 bits per heavy atom. The molecule has 0 spiro atoms. The molecule has 0 aromatic carbocycles. The van der Waals surface area contributed by atoms with Gasteiger partial charge in [-0.15, -0.1) is 0 Å². The molecule has 1 aliphatic heterocycles. The highest BCUT2D eigenvalue weighted by Crippen LogP contribution is 2.08. The lowest BCUT2D eigenvalue weighted by molar-refractivity contribution is 0.159. The molecule has 0 amide bonds. The van der Waals surface area contributed by atoms with Crippen LogP contribution >= 0.6 is 0 Å². The van der Waals surface area contributed by atoms with E-state index in [0.717, 1.165) is 26.1 Å². The largest absolute Gasteiger partial charge is 0.314 e. The molecule has 0 saturated carbocycles. The molecule has 0 aliphatic carbocycles. The van der Waals surface area contributed by atoms with Crippen LogP contribution in [0, 0.1) is 0 Å². The second-order valence-electron chi connectivity index (χ2n) is 4.57. The number of hydrogen-bond acceptors (Lipinski definition) is 3. The van der Waals surface area contributed by atoms with Crippen molar-refractivity contribution >= 4 is 0 Å². The molecule has 1 aliphatic rings. The summed E-state index contributed by atoms with van der Waals surface area (Å²) in [6, 6.07) is 0.713. The normalized spacial score (nSPS) is 22.5. The van der Waals surface area contributed by atoms with Crippen molar-refractivity contribution in [3.8, 4) is 0 Å². The molecule has 2 heterocycles. The molecule has 0 bridgehead atoms. The molecular weight excluding hydrogens is 200 g/mol. The lowest BCUT2D eigenvalue weighted by Crippen LogP contribution is -2.51. The number of hydrogen-bond donors (Lipinski definition) is 1. The molecule has 1 saturated heterocycles. The van der Waals surface area contributed by atoms with Gasteiger partial charge in [0.05, 0.1) is 6.20 Å². The van der Waals surface area contributed by atoms with E-state index < -0.39 is 0 Å². The van der Waals surface area contributed by atoms with Crippen molar-refractivity contribution in [1.82, 2.24) is 20.0 Å². The summed E-state index contributed by atoms with van der Waals surface area (Å²) in [4.78, 5) is 2.60. The van der Waals surface area contributed by atoms with Gasteiger partial charge in [0.1, 0.15) is 0 Å². The van der Waals surface area contributed by atoms with E-state index >= 15 is 0 Å². The van der Waals surface area contributed by atoms with Crippen LogP contribution in [0.15, 0.2) is 12.4 Å².